The highest BCUT2D eigenvalue weighted by molar-refractivity contribution is 5.54. The first-order chi connectivity index (χ1) is 6.68. The van der Waals surface area contributed by atoms with Crippen LogP contribution in [-0.2, 0) is 0 Å². The van der Waals surface area contributed by atoms with Gasteiger partial charge < -0.3 is 0 Å². The molecule has 2 aromatic heterocycles. The summed E-state index contributed by atoms with van der Waals surface area (Å²) in [4.78, 5) is 0. The third-order valence-electron chi connectivity index (χ3n) is 1.88. The molecule has 0 spiro atoms. The summed E-state index contributed by atoms with van der Waals surface area (Å²) in [5.41, 5.74) is 2.32. The second-order valence-corrected chi connectivity index (χ2v) is 2.99. The average Bonchev–Trinajstić information content (AvgIpc) is 2.51. The minimum absolute atomic E-state index is 0.204. The third kappa shape index (κ3) is 1.76. The van der Waals surface area contributed by atoms with Gasteiger partial charge in [-0.1, -0.05) is 13.8 Å². The van der Waals surface area contributed by atoms with Crippen molar-refractivity contribution in [2.24, 2.45) is 0 Å². The fourth-order valence-electron chi connectivity index (χ4n) is 1.34. The van der Waals surface area contributed by atoms with E-state index in [4.69, 9.17) is 0 Å². The Morgan fingerprint density at radius 3 is 2.57 bits per heavy atom. The minimum atomic E-state index is -0.204. The summed E-state index contributed by atoms with van der Waals surface area (Å²) in [6.45, 7) is 7.69. The van der Waals surface area contributed by atoms with Gasteiger partial charge in [-0.15, -0.1) is 0 Å². The van der Waals surface area contributed by atoms with Gasteiger partial charge >= 0.3 is 0 Å². The molecule has 0 bridgehead atoms. The summed E-state index contributed by atoms with van der Waals surface area (Å²) in [5, 5.41) is 4.02. The molecule has 2 aromatic rings. The number of pyridine rings is 1. The second-order valence-electron chi connectivity index (χ2n) is 2.99. The van der Waals surface area contributed by atoms with Crippen LogP contribution in [0.2, 0.25) is 0 Å². The molecule has 2 rings (SSSR count). The van der Waals surface area contributed by atoms with Gasteiger partial charge in [-0.2, -0.15) is 5.10 Å². The minimum Gasteiger partial charge on any atom is -0.237 e. The van der Waals surface area contributed by atoms with E-state index in [-0.39, 0.29) is 5.82 Å². The van der Waals surface area contributed by atoms with Gasteiger partial charge in [-0.05, 0) is 31.0 Å². The first-order valence-corrected chi connectivity index (χ1v) is 4.78. The fourth-order valence-corrected chi connectivity index (χ4v) is 1.34. The lowest BCUT2D eigenvalue weighted by Gasteiger charge is -1.97. The van der Waals surface area contributed by atoms with Gasteiger partial charge in [0.2, 0.25) is 0 Å². The van der Waals surface area contributed by atoms with Crippen molar-refractivity contribution in [2.45, 2.75) is 27.7 Å². The van der Waals surface area contributed by atoms with Crippen LogP contribution in [0.25, 0.3) is 5.52 Å². The van der Waals surface area contributed by atoms with E-state index in [1.165, 1.54) is 6.07 Å². The number of aromatic nitrogens is 2. The molecule has 0 aliphatic heterocycles. The Bertz CT molecular complexity index is 432. The highest BCUT2D eigenvalue weighted by Crippen LogP contribution is 2.14. The highest BCUT2D eigenvalue weighted by Gasteiger charge is 2.05. The summed E-state index contributed by atoms with van der Waals surface area (Å²) in [5.74, 6) is -0.204. The molecule has 0 N–H and O–H groups in total. The Morgan fingerprint density at radius 2 is 1.93 bits per heavy atom. The Labute approximate surface area is 83.4 Å². The molecule has 0 aromatic carbocycles. The molecule has 0 radical (unpaired) electrons. The van der Waals surface area contributed by atoms with E-state index < -0.39 is 0 Å². The largest absolute Gasteiger partial charge is 0.237 e. The average molecular weight is 194 g/mol. The zero-order valence-corrected chi connectivity index (χ0v) is 9.00. The maximum atomic E-state index is 13.3. The number of hydrogen-bond acceptors (Lipinski definition) is 1. The molecule has 2 nitrogen and oxygen atoms in total. The van der Waals surface area contributed by atoms with Crippen LogP contribution in [0.15, 0.2) is 18.5 Å². The van der Waals surface area contributed by atoms with E-state index in [1.807, 2.05) is 33.9 Å². The van der Waals surface area contributed by atoms with Gasteiger partial charge in [0.25, 0.3) is 0 Å². The Kier molecular flexibility index (Phi) is 3.23. The lowest BCUT2D eigenvalue weighted by molar-refractivity contribution is 0.628. The Hall–Kier alpha value is -1.38. The van der Waals surface area contributed by atoms with E-state index >= 15 is 0 Å². The molecule has 0 unspecified atom stereocenters. The molecule has 0 aliphatic carbocycles. The summed E-state index contributed by atoms with van der Waals surface area (Å²) in [6, 6.07) is 1.52. The highest BCUT2D eigenvalue weighted by atomic mass is 19.1. The predicted molar refractivity (Wildman–Crippen MR) is 56.0 cm³/mol. The molecule has 0 atom stereocenters. The number of nitrogens with zero attached hydrogens (tertiary/aromatic N) is 2. The molecular formula is C11H15FN2. The molecule has 2 heterocycles. The summed E-state index contributed by atoms with van der Waals surface area (Å²) in [6.07, 6.45) is 3.48. The SMILES string of the molecule is CC.Cc1cc(F)c2c(C)cnn2c1. The van der Waals surface area contributed by atoms with Gasteiger partial charge in [0.15, 0.2) is 0 Å². The number of aryl methyl sites for hydroxylation is 2. The van der Waals surface area contributed by atoms with Crippen molar-refractivity contribution in [1.82, 2.24) is 9.61 Å². The van der Waals surface area contributed by atoms with Gasteiger partial charge in [-0.25, -0.2) is 8.91 Å². The topological polar surface area (TPSA) is 17.3 Å². The number of halogens is 1. The first-order valence-electron chi connectivity index (χ1n) is 4.78. The molecule has 0 amide bonds. The maximum Gasteiger partial charge on any atom is 0.149 e. The smallest absolute Gasteiger partial charge is 0.149 e. The quantitative estimate of drug-likeness (QED) is 0.629. The third-order valence-corrected chi connectivity index (χ3v) is 1.88. The Morgan fingerprint density at radius 1 is 1.29 bits per heavy atom. The second kappa shape index (κ2) is 4.22. The Balaban J connectivity index is 0.000000461. The molecule has 14 heavy (non-hydrogen) atoms. The van der Waals surface area contributed by atoms with E-state index in [2.05, 4.69) is 5.10 Å². The van der Waals surface area contributed by atoms with Crippen LogP contribution >= 0.6 is 0 Å². The number of rotatable bonds is 0. The van der Waals surface area contributed by atoms with Crippen molar-refractivity contribution in [3.05, 3.63) is 35.4 Å². The van der Waals surface area contributed by atoms with Crippen molar-refractivity contribution in [3.63, 3.8) is 0 Å². The van der Waals surface area contributed by atoms with Crippen LogP contribution in [-0.4, -0.2) is 9.61 Å². The van der Waals surface area contributed by atoms with Crippen LogP contribution in [0.4, 0.5) is 4.39 Å². The first kappa shape index (κ1) is 10.7. The fraction of sp³-hybridized carbons (Fsp3) is 0.364. The van der Waals surface area contributed by atoms with Crippen molar-refractivity contribution in [3.8, 4) is 0 Å². The van der Waals surface area contributed by atoms with Gasteiger partial charge in [0, 0.05) is 6.20 Å². The molecule has 0 fully saturated rings. The van der Waals surface area contributed by atoms with Gasteiger partial charge in [-0.3, -0.25) is 0 Å². The van der Waals surface area contributed by atoms with Gasteiger partial charge in [0.05, 0.1) is 6.20 Å². The molecular weight excluding hydrogens is 179 g/mol. The maximum absolute atomic E-state index is 13.3. The van der Waals surface area contributed by atoms with Crippen LogP contribution in [0.5, 0.6) is 0 Å². The van der Waals surface area contributed by atoms with Crippen LogP contribution in [0.1, 0.15) is 25.0 Å². The zero-order chi connectivity index (χ0) is 10.7. The molecule has 0 saturated carbocycles. The number of hydrogen-bond donors (Lipinski definition) is 0. The normalized spacial score (nSPS) is 9.79. The summed E-state index contributed by atoms with van der Waals surface area (Å²) < 4.78 is 14.8. The van der Waals surface area contributed by atoms with Crippen molar-refractivity contribution < 1.29 is 4.39 Å². The standard InChI is InChI=1S/C9H9FN2.C2H6/c1-6-3-8(10)9-7(2)4-11-12(9)5-6;1-2/h3-5H,1-2H3;1-2H3. The van der Waals surface area contributed by atoms with Crippen molar-refractivity contribution in [1.29, 1.82) is 0 Å². The van der Waals surface area contributed by atoms with E-state index in [9.17, 15) is 4.39 Å². The lowest BCUT2D eigenvalue weighted by Crippen LogP contribution is -1.91. The van der Waals surface area contributed by atoms with Crippen molar-refractivity contribution >= 4 is 5.52 Å². The number of fused-ring (bicyclic) bond motifs is 1. The van der Waals surface area contributed by atoms with E-state index in [1.54, 1.807) is 10.7 Å². The summed E-state index contributed by atoms with van der Waals surface area (Å²) >= 11 is 0. The van der Waals surface area contributed by atoms with Crippen LogP contribution < -0.4 is 0 Å². The molecule has 76 valence electrons. The van der Waals surface area contributed by atoms with Crippen LogP contribution in [0, 0.1) is 19.7 Å². The van der Waals surface area contributed by atoms with Crippen LogP contribution in [0.3, 0.4) is 0 Å². The monoisotopic (exact) mass is 194 g/mol. The van der Waals surface area contributed by atoms with E-state index in [0.29, 0.717) is 5.52 Å². The van der Waals surface area contributed by atoms with E-state index in [0.717, 1.165) is 11.1 Å². The van der Waals surface area contributed by atoms with Crippen molar-refractivity contribution in [2.75, 3.05) is 0 Å². The summed E-state index contributed by atoms with van der Waals surface area (Å²) in [7, 11) is 0. The predicted octanol–water partition coefficient (Wildman–Crippen LogP) is 3.12. The molecule has 0 saturated heterocycles. The molecule has 0 aliphatic rings. The lowest BCUT2D eigenvalue weighted by atomic mass is 10.2. The molecule has 3 heteroatoms. The van der Waals surface area contributed by atoms with Gasteiger partial charge in [0.1, 0.15) is 11.3 Å². The zero-order valence-electron chi connectivity index (χ0n) is 9.00.